The highest BCUT2D eigenvalue weighted by molar-refractivity contribution is 6.06. The fourth-order valence-corrected chi connectivity index (χ4v) is 4.39. The Morgan fingerprint density at radius 1 is 0.900 bits per heavy atom. The molecule has 0 atom stereocenters. The fourth-order valence-electron chi connectivity index (χ4n) is 4.39. The van der Waals surface area contributed by atoms with Crippen LogP contribution in [0.15, 0.2) is 42.6 Å². The van der Waals surface area contributed by atoms with Crippen molar-refractivity contribution in [1.29, 1.82) is 0 Å². The lowest BCUT2D eigenvalue weighted by atomic mass is 9.88. The van der Waals surface area contributed by atoms with Crippen LogP contribution in [0.1, 0.15) is 61.7 Å². The van der Waals surface area contributed by atoms with Crippen molar-refractivity contribution in [3.05, 3.63) is 48.2 Å². The second-order valence-electron chi connectivity index (χ2n) is 8.28. The van der Waals surface area contributed by atoms with Gasteiger partial charge in [-0.3, -0.25) is 9.59 Å². The molecule has 4 rings (SSSR count). The molecule has 1 aliphatic carbocycles. The number of amides is 2. The Labute approximate surface area is 178 Å². The molecule has 0 radical (unpaired) electrons. The molecule has 2 fully saturated rings. The van der Waals surface area contributed by atoms with Gasteiger partial charge in [0, 0.05) is 36.5 Å². The van der Waals surface area contributed by atoms with Gasteiger partial charge in [0.05, 0.1) is 5.69 Å². The highest BCUT2D eigenvalue weighted by Crippen LogP contribution is 2.27. The summed E-state index contributed by atoms with van der Waals surface area (Å²) in [5.74, 6) is 0.771. The van der Waals surface area contributed by atoms with Gasteiger partial charge in [-0.05, 0) is 62.4 Å². The highest BCUT2D eigenvalue weighted by atomic mass is 16.2. The number of hydrogen-bond acceptors (Lipinski definition) is 4. The molecule has 2 heterocycles. The summed E-state index contributed by atoms with van der Waals surface area (Å²) in [6.45, 7) is 1.92. The monoisotopic (exact) mass is 406 g/mol. The van der Waals surface area contributed by atoms with Gasteiger partial charge in [-0.25, -0.2) is 4.98 Å². The first-order valence-electron chi connectivity index (χ1n) is 11.1. The molecule has 1 aliphatic heterocycles. The number of rotatable bonds is 5. The Morgan fingerprint density at radius 2 is 1.67 bits per heavy atom. The zero-order valence-corrected chi connectivity index (χ0v) is 17.4. The second-order valence-corrected chi connectivity index (χ2v) is 8.28. The quantitative estimate of drug-likeness (QED) is 0.745. The van der Waals surface area contributed by atoms with Gasteiger partial charge < -0.3 is 15.5 Å². The largest absolute Gasteiger partial charge is 0.355 e. The van der Waals surface area contributed by atoms with Gasteiger partial charge in [0.2, 0.25) is 5.91 Å². The molecule has 2 N–H and O–H groups in total. The third-order valence-electron chi connectivity index (χ3n) is 6.06. The fraction of sp³-hybridized carbons (Fsp3) is 0.458. The van der Waals surface area contributed by atoms with Crippen molar-refractivity contribution in [2.24, 2.45) is 5.92 Å². The minimum atomic E-state index is -0.199. The molecule has 2 amide bonds. The average Bonchev–Trinajstić information content (AvgIpc) is 2.81. The molecule has 158 valence electrons. The summed E-state index contributed by atoms with van der Waals surface area (Å²) >= 11 is 0. The minimum Gasteiger partial charge on any atom is -0.355 e. The van der Waals surface area contributed by atoms with Gasteiger partial charge >= 0.3 is 0 Å². The summed E-state index contributed by atoms with van der Waals surface area (Å²) in [7, 11) is 0. The summed E-state index contributed by atoms with van der Waals surface area (Å²) in [6.07, 6.45) is 10.6. The van der Waals surface area contributed by atoms with Gasteiger partial charge in [-0.15, -0.1) is 0 Å². The number of benzene rings is 1. The van der Waals surface area contributed by atoms with Crippen LogP contribution in [0.25, 0.3) is 0 Å². The van der Waals surface area contributed by atoms with Gasteiger partial charge in [0.1, 0.15) is 0 Å². The van der Waals surface area contributed by atoms with E-state index in [0.29, 0.717) is 11.3 Å². The van der Waals surface area contributed by atoms with Crippen molar-refractivity contribution >= 4 is 29.0 Å². The molecule has 1 aromatic carbocycles. The smallest absolute Gasteiger partial charge is 0.255 e. The Kier molecular flexibility index (Phi) is 6.62. The van der Waals surface area contributed by atoms with Crippen molar-refractivity contribution in [2.75, 3.05) is 28.6 Å². The van der Waals surface area contributed by atoms with Crippen LogP contribution in [0, 0.1) is 5.92 Å². The summed E-state index contributed by atoms with van der Waals surface area (Å²) in [5, 5.41) is 6.01. The topological polar surface area (TPSA) is 74.3 Å². The number of carbonyl (C=O) groups excluding carboxylic acids is 2. The van der Waals surface area contributed by atoms with E-state index in [0.717, 1.165) is 63.1 Å². The Hall–Kier alpha value is -2.89. The van der Waals surface area contributed by atoms with Crippen molar-refractivity contribution < 1.29 is 9.59 Å². The lowest BCUT2D eigenvalue weighted by Crippen LogP contribution is -2.31. The van der Waals surface area contributed by atoms with Gasteiger partial charge in [0.25, 0.3) is 5.91 Å². The van der Waals surface area contributed by atoms with Crippen molar-refractivity contribution in [1.82, 2.24) is 4.98 Å². The van der Waals surface area contributed by atoms with E-state index in [1.165, 1.54) is 12.8 Å². The summed E-state index contributed by atoms with van der Waals surface area (Å²) in [6, 6.07) is 10.9. The maximum atomic E-state index is 12.9. The van der Waals surface area contributed by atoms with Crippen molar-refractivity contribution in [3.8, 4) is 0 Å². The lowest BCUT2D eigenvalue weighted by molar-refractivity contribution is -0.120. The molecule has 0 spiro atoms. The van der Waals surface area contributed by atoms with Crippen LogP contribution in [0.5, 0.6) is 0 Å². The summed E-state index contributed by atoms with van der Waals surface area (Å²) < 4.78 is 0. The van der Waals surface area contributed by atoms with Crippen molar-refractivity contribution in [3.63, 3.8) is 0 Å². The van der Waals surface area contributed by atoms with E-state index in [2.05, 4.69) is 20.5 Å². The van der Waals surface area contributed by atoms with Gasteiger partial charge in [-0.2, -0.15) is 0 Å². The molecule has 1 aromatic heterocycles. The second kappa shape index (κ2) is 9.74. The number of hydrogen-bond donors (Lipinski definition) is 2. The van der Waals surface area contributed by atoms with Crippen LogP contribution in [-0.2, 0) is 4.79 Å². The van der Waals surface area contributed by atoms with Gasteiger partial charge in [-0.1, -0.05) is 25.3 Å². The summed E-state index contributed by atoms with van der Waals surface area (Å²) in [4.78, 5) is 32.2. The normalized spacial score (nSPS) is 17.4. The molecule has 30 heavy (non-hydrogen) atoms. The maximum Gasteiger partial charge on any atom is 0.255 e. The van der Waals surface area contributed by atoms with E-state index in [-0.39, 0.29) is 17.7 Å². The molecular weight excluding hydrogens is 376 g/mol. The highest BCUT2D eigenvalue weighted by Gasteiger charge is 2.21. The summed E-state index contributed by atoms with van der Waals surface area (Å²) in [5.41, 5.74) is 1.91. The predicted molar refractivity (Wildman–Crippen MR) is 120 cm³/mol. The number of nitrogens with one attached hydrogen (secondary N) is 2. The van der Waals surface area contributed by atoms with E-state index in [9.17, 15) is 9.59 Å². The average molecular weight is 407 g/mol. The molecule has 2 aromatic rings. The minimum absolute atomic E-state index is 0.0619. The standard InChI is InChI=1S/C24H30N4O2/c29-23(18-9-3-1-4-10-18)26-20-12-7-11-19(17-20)24(30)27-21-13-8-14-25-22(21)28-15-5-2-6-16-28/h7-8,11-14,17-18H,1-6,9-10,15-16H2,(H,26,29)(H,27,30). The first kappa shape index (κ1) is 20.4. The van der Waals surface area contributed by atoms with Crippen LogP contribution >= 0.6 is 0 Å². The predicted octanol–water partition coefficient (Wildman–Crippen LogP) is 4.84. The van der Waals surface area contributed by atoms with Crippen LogP contribution < -0.4 is 15.5 Å². The zero-order valence-electron chi connectivity index (χ0n) is 17.4. The molecule has 6 nitrogen and oxygen atoms in total. The number of aromatic nitrogens is 1. The van der Waals surface area contributed by atoms with E-state index < -0.39 is 0 Å². The maximum absolute atomic E-state index is 12.9. The third-order valence-corrected chi connectivity index (χ3v) is 6.06. The first-order chi connectivity index (χ1) is 14.7. The third kappa shape index (κ3) is 4.99. The van der Waals surface area contributed by atoms with Gasteiger partial charge in [0.15, 0.2) is 5.82 Å². The molecule has 0 unspecified atom stereocenters. The molecule has 0 bridgehead atoms. The molecule has 1 saturated heterocycles. The van der Waals surface area contributed by atoms with Crippen LogP contribution in [0.2, 0.25) is 0 Å². The van der Waals surface area contributed by atoms with Crippen LogP contribution in [-0.4, -0.2) is 29.9 Å². The lowest BCUT2D eigenvalue weighted by Gasteiger charge is -2.29. The Morgan fingerprint density at radius 3 is 2.47 bits per heavy atom. The van der Waals surface area contributed by atoms with Crippen LogP contribution in [0.4, 0.5) is 17.2 Å². The zero-order chi connectivity index (χ0) is 20.8. The number of carbonyl (C=O) groups is 2. The SMILES string of the molecule is O=C(Nc1cccnc1N1CCCCC1)c1cccc(NC(=O)C2CCCCC2)c1. The number of nitrogens with zero attached hydrogens (tertiary/aromatic N) is 2. The Balaban J connectivity index is 1.44. The Bertz CT molecular complexity index is 886. The molecule has 2 aliphatic rings. The molecule has 6 heteroatoms. The van der Waals surface area contributed by atoms with E-state index in [1.54, 1.807) is 24.4 Å². The first-order valence-corrected chi connectivity index (χ1v) is 11.1. The van der Waals surface area contributed by atoms with E-state index in [1.807, 2.05) is 18.2 Å². The van der Waals surface area contributed by atoms with Crippen LogP contribution in [0.3, 0.4) is 0 Å². The van der Waals surface area contributed by atoms with E-state index in [4.69, 9.17) is 0 Å². The number of pyridine rings is 1. The number of piperidine rings is 1. The van der Waals surface area contributed by atoms with E-state index >= 15 is 0 Å². The van der Waals surface area contributed by atoms with Crippen molar-refractivity contribution in [2.45, 2.75) is 51.4 Å². The molecular formula is C24H30N4O2. The molecule has 1 saturated carbocycles. The number of anilines is 3.